The van der Waals surface area contributed by atoms with E-state index in [1.807, 2.05) is 19.9 Å². The Kier molecular flexibility index (Phi) is 6.79. The third kappa shape index (κ3) is 4.86. The third-order valence-electron chi connectivity index (χ3n) is 6.59. The average molecular weight is 537 g/mol. The quantitative estimate of drug-likeness (QED) is 0.324. The monoisotopic (exact) mass is 536 g/mol. The van der Waals surface area contributed by atoms with Gasteiger partial charge in [-0.2, -0.15) is 0 Å². The van der Waals surface area contributed by atoms with E-state index < -0.39 is 18.4 Å². The van der Waals surface area contributed by atoms with Gasteiger partial charge in [0.05, 0.1) is 10.9 Å². The van der Waals surface area contributed by atoms with E-state index in [9.17, 15) is 14.4 Å². The summed E-state index contributed by atoms with van der Waals surface area (Å²) < 4.78 is 11.9. The first kappa shape index (κ1) is 25.0. The third-order valence-corrected chi connectivity index (χ3v) is 8.05. The van der Waals surface area contributed by atoms with Crippen LogP contribution in [0.5, 0.6) is 5.75 Å². The molecule has 0 aliphatic heterocycles. The minimum atomic E-state index is -0.568. The fourth-order valence-corrected chi connectivity index (χ4v) is 6.01. The highest BCUT2D eigenvalue weighted by atomic mass is 35.5. The van der Waals surface area contributed by atoms with Gasteiger partial charge in [-0.3, -0.25) is 14.4 Å². The summed E-state index contributed by atoms with van der Waals surface area (Å²) in [6, 6.07) is 10.4. The molecule has 5 rings (SSSR count). The maximum absolute atomic E-state index is 13.5. The molecular formula is C28H25ClN2O5S. The summed E-state index contributed by atoms with van der Waals surface area (Å²) >= 11 is 7.42. The van der Waals surface area contributed by atoms with Gasteiger partial charge >= 0.3 is 0 Å². The Morgan fingerprint density at radius 2 is 1.81 bits per heavy atom. The largest absolute Gasteiger partial charge is 0.476 e. The summed E-state index contributed by atoms with van der Waals surface area (Å²) in [6.45, 7) is 3.39. The van der Waals surface area contributed by atoms with E-state index in [1.165, 1.54) is 11.3 Å². The van der Waals surface area contributed by atoms with Gasteiger partial charge in [-0.05, 0) is 92.6 Å². The maximum Gasteiger partial charge on any atom is 0.262 e. The number of rotatable bonds is 6. The summed E-state index contributed by atoms with van der Waals surface area (Å²) in [5.74, 6) is -0.951. The van der Waals surface area contributed by atoms with Gasteiger partial charge < -0.3 is 20.2 Å². The van der Waals surface area contributed by atoms with Crippen LogP contribution < -0.4 is 21.2 Å². The number of ether oxygens (including phenoxy) is 1. The molecule has 190 valence electrons. The van der Waals surface area contributed by atoms with Gasteiger partial charge in [0.1, 0.15) is 10.6 Å². The van der Waals surface area contributed by atoms with Crippen molar-refractivity contribution in [1.82, 2.24) is 0 Å². The van der Waals surface area contributed by atoms with Crippen molar-refractivity contribution in [3.05, 3.63) is 78.8 Å². The second-order valence-corrected chi connectivity index (χ2v) is 10.7. The molecule has 0 bridgehead atoms. The van der Waals surface area contributed by atoms with Crippen molar-refractivity contribution >= 4 is 50.7 Å². The van der Waals surface area contributed by atoms with Gasteiger partial charge in [-0.1, -0.05) is 11.6 Å². The van der Waals surface area contributed by atoms with E-state index in [4.69, 9.17) is 26.5 Å². The number of carbonyl (C=O) groups is 2. The lowest BCUT2D eigenvalue weighted by molar-refractivity contribution is -0.118. The molecular weight excluding hydrogens is 512 g/mol. The van der Waals surface area contributed by atoms with E-state index in [0.29, 0.717) is 32.1 Å². The molecule has 0 fully saturated rings. The molecule has 9 heteroatoms. The molecule has 2 aromatic heterocycles. The zero-order valence-corrected chi connectivity index (χ0v) is 22.0. The lowest BCUT2D eigenvalue weighted by Crippen LogP contribution is -2.24. The molecule has 1 aliphatic rings. The molecule has 1 aliphatic carbocycles. The van der Waals surface area contributed by atoms with Crippen molar-refractivity contribution in [2.45, 2.75) is 39.5 Å². The van der Waals surface area contributed by atoms with Crippen LogP contribution in [-0.4, -0.2) is 18.4 Å². The van der Waals surface area contributed by atoms with Crippen LogP contribution in [0.15, 0.2) is 45.6 Å². The van der Waals surface area contributed by atoms with Crippen molar-refractivity contribution in [3.8, 4) is 17.1 Å². The maximum atomic E-state index is 13.5. The minimum absolute atomic E-state index is 0.0752. The van der Waals surface area contributed by atoms with Crippen LogP contribution in [0, 0.1) is 13.8 Å². The van der Waals surface area contributed by atoms with Gasteiger partial charge in [0.2, 0.25) is 11.2 Å². The molecule has 3 N–H and O–H groups in total. The number of aryl methyl sites for hydroxylation is 3. The van der Waals surface area contributed by atoms with Gasteiger partial charge in [-0.15, -0.1) is 11.3 Å². The van der Waals surface area contributed by atoms with Crippen molar-refractivity contribution in [1.29, 1.82) is 0 Å². The van der Waals surface area contributed by atoms with Crippen LogP contribution in [0.2, 0.25) is 5.02 Å². The molecule has 7 nitrogen and oxygen atoms in total. The Hall–Kier alpha value is -3.62. The SMILES string of the molecule is Cc1cc2oc(-c3ccc(Cl)cc3)c(OCC(=O)Nc3sc4c(c3C(N)=O)CCCC4)c(=O)c2cc1C. The van der Waals surface area contributed by atoms with Gasteiger partial charge in [0, 0.05) is 15.5 Å². The molecule has 4 aromatic rings. The van der Waals surface area contributed by atoms with Crippen molar-refractivity contribution in [2.75, 3.05) is 11.9 Å². The molecule has 0 atom stereocenters. The number of carbonyl (C=O) groups excluding carboxylic acids is 2. The summed E-state index contributed by atoms with van der Waals surface area (Å²) in [4.78, 5) is 39.6. The molecule has 0 unspecified atom stereocenters. The number of amides is 2. The number of primary amides is 1. The zero-order valence-electron chi connectivity index (χ0n) is 20.4. The number of anilines is 1. The fraction of sp³-hybridized carbons (Fsp3) is 0.250. The van der Waals surface area contributed by atoms with Crippen LogP contribution in [0.3, 0.4) is 0 Å². The van der Waals surface area contributed by atoms with Crippen LogP contribution in [0.25, 0.3) is 22.3 Å². The summed E-state index contributed by atoms with van der Waals surface area (Å²) in [5.41, 5.74) is 9.46. The lowest BCUT2D eigenvalue weighted by atomic mass is 9.95. The summed E-state index contributed by atoms with van der Waals surface area (Å²) in [5, 5.41) is 4.07. The molecule has 2 heterocycles. The van der Waals surface area contributed by atoms with Crippen LogP contribution in [0.1, 0.15) is 44.8 Å². The van der Waals surface area contributed by atoms with Crippen LogP contribution >= 0.6 is 22.9 Å². The number of fused-ring (bicyclic) bond motifs is 2. The smallest absolute Gasteiger partial charge is 0.262 e. The highest BCUT2D eigenvalue weighted by Crippen LogP contribution is 2.38. The zero-order chi connectivity index (χ0) is 26.3. The Bertz CT molecular complexity index is 1600. The average Bonchev–Trinajstić information content (AvgIpc) is 3.23. The predicted octanol–water partition coefficient (Wildman–Crippen LogP) is 5.79. The first-order chi connectivity index (χ1) is 17.7. The Morgan fingerprint density at radius 3 is 2.54 bits per heavy atom. The number of halogens is 1. The van der Waals surface area contributed by atoms with Gasteiger partial charge in [0.25, 0.3) is 11.8 Å². The Morgan fingerprint density at radius 1 is 1.11 bits per heavy atom. The van der Waals surface area contributed by atoms with E-state index in [2.05, 4.69) is 5.32 Å². The second kappa shape index (κ2) is 10.0. The number of hydrogen-bond acceptors (Lipinski definition) is 6. The topological polar surface area (TPSA) is 112 Å². The molecule has 37 heavy (non-hydrogen) atoms. The highest BCUT2D eigenvalue weighted by molar-refractivity contribution is 7.17. The second-order valence-electron chi connectivity index (χ2n) is 9.15. The number of benzene rings is 2. The molecule has 0 radical (unpaired) electrons. The van der Waals surface area contributed by atoms with E-state index in [1.54, 1.807) is 30.3 Å². The van der Waals surface area contributed by atoms with E-state index in [-0.39, 0.29) is 16.9 Å². The predicted molar refractivity (Wildman–Crippen MR) is 146 cm³/mol. The summed E-state index contributed by atoms with van der Waals surface area (Å²) in [7, 11) is 0. The van der Waals surface area contributed by atoms with Crippen LogP contribution in [-0.2, 0) is 17.6 Å². The fourth-order valence-electron chi connectivity index (χ4n) is 4.57. The molecule has 2 aromatic carbocycles. The minimum Gasteiger partial charge on any atom is -0.476 e. The van der Waals surface area contributed by atoms with E-state index in [0.717, 1.165) is 47.3 Å². The lowest BCUT2D eigenvalue weighted by Gasteiger charge is -2.13. The van der Waals surface area contributed by atoms with Gasteiger partial charge in [-0.25, -0.2) is 0 Å². The van der Waals surface area contributed by atoms with E-state index >= 15 is 0 Å². The normalized spacial score (nSPS) is 12.8. The Labute approximate surface area is 222 Å². The number of nitrogens with two attached hydrogens (primary N) is 1. The molecule has 0 spiro atoms. The number of hydrogen-bond donors (Lipinski definition) is 2. The molecule has 0 saturated carbocycles. The van der Waals surface area contributed by atoms with Crippen molar-refractivity contribution in [3.63, 3.8) is 0 Å². The standard InChI is InChI=1S/C28H25ClN2O5S/c1-14-11-19-20(12-15(14)2)36-25(16-7-9-17(29)10-8-16)26(24(19)33)35-13-22(32)31-28-23(27(30)34)18-5-3-4-6-21(18)37-28/h7-12H,3-6,13H2,1-2H3,(H2,30,34)(H,31,32). The number of thiophene rings is 1. The first-order valence-electron chi connectivity index (χ1n) is 11.9. The Balaban J connectivity index is 1.48. The van der Waals surface area contributed by atoms with Gasteiger partial charge in [0.15, 0.2) is 12.4 Å². The highest BCUT2D eigenvalue weighted by Gasteiger charge is 2.26. The summed E-state index contributed by atoms with van der Waals surface area (Å²) in [6.07, 6.45) is 3.63. The van der Waals surface area contributed by atoms with Crippen molar-refractivity contribution in [2.24, 2.45) is 5.73 Å². The van der Waals surface area contributed by atoms with Crippen molar-refractivity contribution < 1.29 is 18.7 Å². The molecule has 2 amide bonds. The first-order valence-corrected chi connectivity index (χ1v) is 13.1. The number of nitrogens with one attached hydrogen (secondary N) is 1. The van der Waals surface area contributed by atoms with Crippen LogP contribution in [0.4, 0.5) is 5.00 Å². The molecule has 0 saturated heterocycles.